The second-order valence-electron chi connectivity index (χ2n) is 8.14. The third-order valence-corrected chi connectivity index (χ3v) is 5.93. The van der Waals surface area contributed by atoms with Crippen molar-refractivity contribution in [1.82, 2.24) is 14.9 Å². The van der Waals surface area contributed by atoms with Crippen LogP contribution in [0.1, 0.15) is 44.9 Å². The zero-order valence-electron chi connectivity index (χ0n) is 16.5. The molecule has 2 saturated heterocycles. The summed E-state index contributed by atoms with van der Waals surface area (Å²) in [5, 5.41) is 9.68. The lowest BCUT2D eigenvalue weighted by atomic mass is 9.92. The Balaban J connectivity index is 1.56. The van der Waals surface area contributed by atoms with E-state index in [9.17, 15) is 5.11 Å². The van der Waals surface area contributed by atoms with Crippen LogP contribution in [0.3, 0.4) is 0 Å². The first kappa shape index (κ1) is 19.4. The Morgan fingerprint density at radius 1 is 1.08 bits per heavy atom. The Bertz CT molecular complexity index is 545. The summed E-state index contributed by atoms with van der Waals surface area (Å²) >= 11 is 0. The molecular formula is C20H35N5O. The molecule has 6 heteroatoms. The molecule has 2 aliphatic heterocycles. The molecule has 0 amide bonds. The molecule has 2 fully saturated rings. The number of anilines is 2. The van der Waals surface area contributed by atoms with Crippen LogP contribution >= 0.6 is 0 Å². The smallest absolute Gasteiger partial charge is 0.134 e. The van der Waals surface area contributed by atoms with E-state index in [1.54, 1.807) is 6.33 Å². The van der Waals surface area contributed by atoms with Gasteiger partial charge in [-0.25, -0.2) is 9.97 Å². The van der Waals surface area contributed by atoms with Gasteiger partial charge >= 0.3 is 0 Å². The van der Waals surface area contributed by atoms with Crippen LogP contribution in [0.25, 0.3) is 0 Å². The summed E-state index contributed by atoms with van der Waals surface area (Å²) in [7, 11) is 4.30. The summed E-state index contributed by atoms with van der Waals surface area (Å²) in [5.41, 5.74) is 0. The van der Waals surface area contributed by atoms with E-state index in [2.05, 4.69) is 44.8 Å². The van der Waals surface area contributed by atoms with Gasteiger partial charge < -0.3 is 19.8 Å². The predicted octanol–water partition coefficient (Wildman–Crippen LogP) is 2.39. The Kier molecular flexibility index (Phi) is 7.08. The highest BCUT2D eigenvalue weighted by Gasteiger charge is 2.25. The van der Waals surface area contributed by atoms with Crippen LogP contribution < -0.4 is 9.80 Å². The van der Waals surface area contributed by atoms with Crippen LogP contribution in [0.5, 0.6) is 0 Å². The van der Waals surface area contributed by atoms with Crippen LogP contribution in [-0.2, 0) is 0 Å². The van der Waals surface area contributed by atoms with E-state index in [4.69, 9.17) is 0 Å². The highest BCUT2D eigenvalue weighted by Crippen LogP contribution is 2.28. The second-order valence-corrected chi connectivity index (χ2v) is 8.14. The van der Waals surface area contributed by atoms with Gasteiger partial charge in [0, 0.05) is 25.7 Å². The molecule has 6 nitrogen and oxygen atoms in total. The molecule has 0 aromatic carbocycles. The molecule has 0 aliphatic carbocycles. The lowest BCUT2D eigenvalue weighted by molar-refractivity contribution is 0.239. The van der Waals surface area contributed by atoms with Gasteiger partial charge in [-0.1, -0.05) is 0 Å². The number of aromatic nitrogens is 2. The maximum absolute atomic E-state index is 9.68. The maximum Gasteiger partial charge on any atom is 0.134 e. The van der Waals surface area contributed by atoms with E-state index in [-0.39, 0.29) is 12.6 Å². The molecule has 2 aliphatic rings. The van der Waals surface area contributed by atoms with E-state index in [1.165, 1.54) is 45.1 Å². The minimum atomic E-state index is 0.203. The van der Waals surface area contributed by atoms with Crippen molar-refractivity contribution < 1.29 is 5.11 Å². The van der Waals surface area contributed by atoms with Crippen LogP contribution in [-0.4, -0.2) is 72.9 Å². The number of hydrogen-bond acceptors (Lipinski definition) is 6. The zero-order valence-corrected chi connectivity index (χ0v) is 16.5. The Morgan fingerprint density at radius 3 is 2.58 bits per heavy atom. The van der Waals surface area contributed by atoms with Gasteiger partial charge in [-0.15, -0.1) is 0 Å². The van der Waals surface area contributed by atoms with Crippen molar-refractivity contribution in [2.24, 2.45) is 5.92 Å². The number of aliphatic hydroxyl groups is 1. The Labute approximate surface area is 158 Å². The monoisotopic (exact) mass is 361 g/mol. The summed E-state index contributed by atoms with van der Waals surface area (Å²) in [6, 6.07) is 2.33. The Hall–Kier alpha value is -1.40. The highest BCUT2D eigenvalue weighted by molar-refractivity contribution is 5.51. The third kappa shape index (κ3) is 5.07. The standard InChI is InChI=1S/C20H35N5O/c1-23(2)10-5-6-17-8-12-24(13-9-17)19-14-20(22-16-21-19)25-11-4-3-7-18(25)15-26/h14,16-18,26H,3-13,15H2,1-2H3. The van der Waals surface area contributed by atoms with Crippen molar-refractivity contribution in [2.75, 3.05) is 56.7 Å². The molecule has 1 unspecified atom stereocenters. The van der Waals surface area contributed by atoms with Crippen molar-refractivity contribution in [3.8, 4) is 0 Å². The number of nitrogens with zero attached hydrogens (tertiary/aromatic N) is 5. The first-order valence-corrected chi connectivity index (χ1v) is 10.3. The van der Waals surface area contributed by atoms with Gasteiger partial charge in [-0.3, -0.25) is 0 Å². The van der Waals surface area contributed by atoms with E-state index < -0.39 is 0 Å². The number of rotatable bonds is 7. The van der Waals surface area contributed by atoms with Crippen LogP contribution in [0.15, 0.2) is 12.4 Å². The molecule has 0 spiro atoms. The number of aliphatic hydroxyl groups excluding tert-OH is 1. The van der Waals surface area contributed by atoms with Gasteiger partial charge in [0.25, 0.3) is 0 Å². The first-order chi connectivity index (χ1) is 12.7. The quantitative estimate of drug-likeness (QED) is 0.805. The van der Waals surface area contributed by atoms with Crippen molar-refractivity contribution in [2.45, 2.75) is 51.0 Å². The SMILES string of the molecule is CN(C)CCCC1CCN(c2cc(N3CCCCC3CO)ncn2)CC1. The third-order valence-electron chi connectivity index (χ3n) is 5.93. The van der Waals surface area contributed by atoms with Crippen molar-refractivity contribution in [3.05, 3.63) is 12.4 Å². The van der Waals surface area contributed by atoms with E-state index in [1.807, 2.05) is 0 Å². The van der Waals surface area contributed by atoms with Crippen molar-refractivity contribution in [3.63, 3.8) is 0 Å². The van der Waals surface area contributed by atoms with Gasteiger partial charge in [-0.2, -0.15) is 0 Å². The fourth-order valence-electron chi connectivity index (χ4n) is 4.31. The van der Waals surface area contributed by atoms with Gasteiger partial charge in [0.05, 0.1) is 12.6 Å². The zero-order chi connectivity index (χ0) is 18.4. The number of hydrogen-bond donors (Lipinski definition) is 1. The molecule has 0 saturated carbocycles. The lowest BCUT2D eigenvalue weighted by Crippen LogP contribution is -2.42. The molecule has 26 heavy (non-hydrogen) atoms. The molecule has 1 aromatic heterocycles. The van der Waals surface area contributed by atoms with Gasteiger partial charge in [0.2, 0.25) is 0 Å². The molecule has 1 N–H and O–H groups in total. The van der Waals surface area contributed by atoms with Gasteiger partial charge in [0.15, 0.2) is 0 Å². The summed E-state index contributed by atoms with van der Waals surface area (Å²) in [5.74, 6) is 2.87. The molecule has 146 valence electrons. The average Bonchev–Trinajstić information content (AvgIpc) is 2.68. The van der Waals surface area contributed by atoms with Crippen LogP contribution in [0, 0.1) is 5.92 Å². The predicted molar refractivity (Wildman–Crippen MR) is 107 cm³/mol. The largest absolute Gasteiger partial charge is 0.394 e. The normalized spacial score (nSPS) is 22.2. The Morgan fingerprint density at radius 2 is 1.85 bits per heavy atom. The molecule has 1 aromatic rings. The van der Waals surface area contributed by atoms with E-state index >= 15 is 0 Å². The number of piperidine rings is 2. The molecule has 3 rings (SSSR count). The summed E-state index contributed by atoms with van der Waals surface area (Å²) in [4.78, 5) is 16.0. The minimum absolute atomic E-state index is 0.203. The maximum atomic E-state index is 9.68. The molecular weight excluding hydrogens is 326 g/mol. The van der Waals surface area contributed by atoms with Crippen molar-refractivity contribution >= 4 is 11.6 Å². The topological polar surface area (TPSA) is 55.7 Å². The highest BCUT2D eigenvalue weighted by atomic mass is 16.3. The first-order valence-electron chi connectivity index (χ1n) is 10.3. The molecule has 3 heterocycles. The summed E-state index contributed by atoms with van der Waals surface area (Å²) < 4.78 is 0. The van der Waals surface area contributed by atoms with Gasteiger partial charge in [-0.05, 0) is 71.5 Å². The molecule has 0 radical (unpaired) electrons. The fourth-order valence-corrected chi connectivity index (χ4v) is 4.31. The van der Waals surface area contributed by atoms with E-state index in [0.717, 1.165) is 43.6 Å². The fraction of sp³-hybridized carbons (Fsp3) is 0.800. The van der Waals surface area contributed by atoms with Crippen LogP contribution in [0.2, 0.25) is 0 Å². The van der Waals surface area contributed by atoms with E-state index in [0.29, 0.717) is 0 Å². The van der Waals surface area contributed by atoms with Crippen molar-refractivity contribution in [1.29, 1.82) is 0 Å². The second kappa shape index (κ2) is 9.51. The lowest BCUT2D eigenvalue weighted by Gasteiger charge is -2.37. The molecule has 0 bridgehead atoms. The minimum Gasteiger partial charge on any atom is -0.394 e. The van der Waals surface area contributed by atoms with Gasteiger partial charge in [0.1, 0.15) is 18.0 Å². The summed E-state index contributed by atoms with van der Waals surface area (Å²) in [6.45, 7) is 4.56. The molecule has 1 atom stereocenters. The van der Waals surface area contributed by atoms with Crippen LogP contribution in [0.4, 0.5) is 11.6 Å². The summed E-state index contributed by atoms with van der Waals surface area (Å²) in [6.07, 6.45) is 10.3. The average molecular weight is 362 g/mol.